The molecule has 0 amide bonds. The minimum Gasteiger partial charge on any atom is -0.478 e. The van der Waals surface area contributed by atoms with E-state index in [1.165, 1.54) is 18.2 Å². The molecule has 0 spiro atoms. The van der Waals surface area contributed by atoms with Gasteiger partial charge in [0.1, 0.15) is 5.82 Å². The number of rotatable bonds is 3. The van der Waals surface area contributed by atoms with Crippen LogP contribution >= 0.6 is 11.8 Å². The van der Waals surface area contributed by atoms with Crippen LogP contribution in [-0.2, 0) is 0 Å². The zero-order chi connectivity index (χ0) is 12.4. The predicted octanol–water partition coefficient (Wildman–Crippen LogP) is 2.83. The summed E-state index contributed by atoms with van der Waals surface area (Å²) >= 11 is 1.84. The Hall–Kier alpha value is -1.23. The maximum absolute atomic E-state index is 13.5. The van der Waals surface area contributed by atoms with Gasteiger partial charge in [0.15, 0.2) is 0 Å². The summed E-state index contributed by atoms with van der Waals surface area (Å²) in [5.74, 6) is -0.514. The molecule has 1 aromatic carbocycles. The molecular formula is C12H14FNO2S. The van der Waals surface area contributed by atoms with Crippen LogP contribution in [0, 0.1) is 5.82 Å². The molecule has 3 nitrogen and oxygen atoms in total. The summed E-state index contributed by atoms with van der Waals surface area (Å²) in [4.78, 5) is 10.8. The topological polar surface area (TPSA) is 49.3 Å². The van der Waals surface area contributed by atoms with Gasteiger partial charge in [-0.1, -0.05) is 6.92 Å². The van der Waals surface area contributed by atoms with Crippen LogP contribution in [0.1, 0.15) is 23.7 Å². The van der Waals surface area contributed by atoms with Gasteiger partial charge in [0, 0.05) is 17.0 Å². The van der Waals surface area contributed by atoms with Gasteiger partial charge in [-0.25, -0.2) is 9.18 Å². The van der Waals surface area contributed by atoms with Gasteiger partial charge in [0.25, 0.3) is 0 Å². The lowest BCUT2D eigenvalue weighted by molar-refractivity contribution is 0.0697. The predicted molar refractivity (Wildman–Crippen MR) is 67.3 cm³/mol. The van der Waals surface area contributed by atoms with Crippen molar-refractivity contribution in [3.05, 3.63) is 29.6 Å². The highest BCUT2D eigenvalue weighted by atomic mass is 32.2. The fourth-order valence-electron chi connectivity index (χ4n) is 1.91. The van der Waals surface area contributed by atoms with Crippen molar-refractivity contribution in [2.75, 3.05) is 11.1 Å². The molecule has 0 saturated carbocycles. The number of carbonyl (C=O) groups is 1. The first-order chi connectivity index (χ1) is 8.06. The van der Waals surface area contributed by atoms with Crippen LogP contribution in [0.4, 0.5) is 10.1 Å². The van der Waals surface area contributed by atoms with Crippen molar-refractivity contribution in [2.24, 2.45) is 0 Å². The van der Waals surface area contributed by atoms with Crippen LogP contribution in [0.25, 0.3) is 0 Å². The van der Waals surface area contributed by atoms with E-state index in [0.717, 1.165) is 12.2 Å². The number of benzene rings is 1. The smallest absolute Gasteiger partial charge is 0.335 e. The number of aromatic carboxylic acids is 1. The number of carboxylic acids is 1. The average molecular weight is 255 g/mol. The third kappa shape index (κ3) is 2.91. The third-order valence-electron chi connectivity index (χ3n) is 2.77. The molecule has 2 unspecified atom stereocenters. The highest BCUT2D eigenvalue weighted by Crippen LogP contribution is 2.29. The minimum absolute atomic E-state index is 0.104. The molecule has 0 radical (unpaired) electrons. The third-order valence-corrected chi connectivity index (χ3v) is 4.13. The van der Waals surface area contributed by atoms with Crippen molar-refractivity contribution >= 4 is 23.4 Å². The quantitative estimate of drug-likeness (QED) is 0.872. The summed E-state index contributed by atoms with van der Waals surface area (Å²) in [7, 11) is 0. The monoisotopic (exact) mass is 255 g/mol. The van der Waals surface area contributed by atoms with E-state index in [1.807, 2.05) is 11.8 Å². The molecule has 1 heterocycles. The van der Waals surface area contributed by atoms with E-state index in [2.05, 4.69) is 12.2 Å². The average Bonchev–Trinajstić information content (AvgIpc) is 2.67. The molecule has 1 aliphatic rings. The van der Waals surface area contributed by atoms with Crippen LogP contribution in [-0.4, -0.2) is 28.1 Å². The van der Waals surface area contributed by atoms with Gasteiger partial charge in [-0.3, -0.25) is 0 Å². The van der Waals surface area contributed by atoms with E-state index in [-0.39, 0.29) is 17.3 Å². The van der Waals surface area contributed by atoms with Crippen molar-refractivity contribution in [3.8, 4) is 0 Å². The zero-order valence-corrected chi connectivity index (χ0v) is 10.3. The van der Waals surface area contributed by atoms with Crippen molar-refractivity contribution in [2.45, 2.75) is 24.6 Å². The van der Waals surface area contributed by atoms with Crippen molar-refractivity contribution in [3.63, 3.8) is 0 Å². The van der Waals surface area contributed by atoms with E-state index < -0.39 is 11.8 Å². The lowest BCUT2D eigenvalue weighted by Crippen LogP contribution is -2.20. The first-order valence-electron chi connectivity index (χ1n) is 5.47. The van der Waals surface area contributed by atoms with Crippen LogP contribution in [0.3, 0.4) is 0 Å². The largest absolute Gasteiger partial charge is 0.478 e. The molecule has 0 bridgehead atoms. The number of hydrogen-bond acceptors (Lipinski definition) is 3. The second-order valence-electron chi connectivity index (χ2n) is 4.22. The maximum Gasteiger partial charge on any atom is 0.335 e. The van der Waals surface area contributed by atoms with Gasteiger partial charge >= 0.3 is 5.97 Å². The van der Waals surface area contributed by atoms with Gasteiger partial charge in [0.05, 0.1) is 11.3 Å². The SMILES string of the molecule is CC1CC(Nc2cc(C(=O)O)ccc2F)CS1. The van der Waals surface area contributed by atoms with Gasteiger partial charge in [0.2, 0.25) is 0 Å². The highest BCUT2D eigenvalue weighted by molar-refractivity contribution is 8.00. The summed E-state index contributed by atoms with van der Waals surface area (Å²) in [6, 6.07) is 4.03. The van der Waals surface area contributed by atoms with Gasteiger partial charge in [-0.2, -0.15) is 11.8 Å². The number of nitrogens with one attached hydrogen (secondary N) is 1. The Bertz CT molecular complexity index is 439. The summed E-state index contributed by atoms with van der Waals surface area (Å²) in [6.45, 7) is 2.14. The first-order valence-corrected chi connectivity index (χ1v) is 6.52. The Morgan fingerprint density at radius 3 is 2.94 bits per heavy atom. The van der Waals surface area contributed by atoms with E-state index in [1.54, 1.807) is 0 Å². The summed E-state index contributed by atoms with van der Waals surface area (Å²) in [6.07, 6.45) is 0.974. The summed E-state index contributed by atoms with van der Waals surface area (Å²) in [5.41, 5.74) is 0.386. The minimum atomic E-state index is -1.04. The molecule has 2 N–H and O–H groups in total. The van der Waals surface area contributed by atoms with Gasteiger partial charge in [-0.05, 0) is 24.6 Å². The molecule has 0 aromatic heterocycles. The zero-order valence-electron chi connectivity index (χ0n) is 9.44. The van der Waals surface area contributed by atoms with E-state index >= 15 is 0 Å². The first kappa shape index (κ1) is 12.2. The molecule has 1 aromatic rings. The molecule has 0 aliphatic carbocycles. The molecular weight excluding hydrogens is 241 g/mol. The number of halogens is 1. The molecule has 1 fully saturated rings. The van der Waals surface area contributed by atoms with Crippen molar-refractivity contribution in [1.82, 2.24) is 0 Å². The summed E-state index contributed by atoms with van der Waals surface area (Å²) in [5, 5.41) is 12.5. The Labute approximate surface area is 103 Å². The van der Waals surface area contributed by atoms with Crippen LogP contribution in [0.15, 0.2) is 18.2 Å². The molecule has 92 valence electrons. The van der Waals surface area contributed by atoms with Crippen LogP contribution in [0.5, 0.6) is 0 Å². The molecule has 1 saturated heterocycles. The highest BCUT2D eigenvalue weighted by Gasteiger charge is 2.22. The molecule has 5 heteroatoms. The summed E-state index contributed by atoms with van der Waals surface area (Å²) < 4.78 is 13.5. The molecule has 17 heavy (non-hydrogen) atoms. The number of hydrogen-bond donors (Lipinski definition) is 2. The Balaban J connectivity index is 2.14. The van der Waals surface area contributed by atoms with Crippen molar-refractivity contribution in [1.29, 1.82) is 0 Å². The van der Waals surface area contributed by atoms with E-state index in [9.17, 15) is 9.18 Å². The number of anilines is 1. The van der Waals surface area contributed by atoms with Crippen LogP contribution < -0.4 is 5.32 Å². The fraction of sp³-hybridized carbons (Fsp3) is 0.417. The second-order valence-corrected chi connectivity index (χ2v) is 5.69. The van der Waals surface area contributed by atoms with E-state index in [4.69, 9.17) is 5.11 Å². The van der Waals surface area contributed by atoms with Gasteiger partial charge in [-0.15, -0.1) is 0 Å². The lowest BCUT2D eigenvalue weighted by Gasteiger charge is -2.14. The lowest BCUT2D eigenvalue weighted by atomic mass is 10.1. The van der Waals surface area contributed by atoms with Gasteiger partial charge < -0.3 is 10.4 Å². The Morgan fingerprint density at radius 1 is 1.59 bits per heavy atom. The number of carboxylic acid groups (broad SMARTS) is 1. The van der Waals surface area contributed by atoms with Crippen LogP contribution in [0.2, 0.25) is 0 Å². The maximum atomic E-state index is 13.5. The van der Waals surface area contributed by atoms with E-state index in [0.29, 0.717) is 5.25 Å². The fourth-order valence-corrected chi connectivity index (χ4v) is 3.06. The Kier molecular flexibility index (Phi) is 3.57. The Morgan fingerprint density at radius 2 is 2.35 bits per heavy atom. The second kappa shape index (κ2) is 4.96. The standard InChI is InChI=1S/C12H14FNO2S/c1-7-4-9(6-17-7)14-11-5-8(12(15)16)2-3-10(11)13/h2-3,5,7,9,14H,4,6H2,1H3,(H,15,16). The molecule has 1 aliphatic heterocycles. The normalized spacial score (nSPS) is 23.6. The molecule has 2 rings (SSSR count). The molecule has 2 atom stereocenters. The van der Waals surface area contributed by atoms with Crippen molar-refractivity contribution < 1.29 is 14.3 Å². The number of thioether (sulfide) groups is 1.